The van der Waals surface area contributed by atoms with Crippen LogP contribution in [0, 0.1) is 0 Å². The Bertz CT molecular complexity index is 307. The predicted octanol–water partition coefficient (Wildman–Crippen LogP) is 2.00. The van der Waals surface area contributed by atoms with Crippen LogP contribution in [0.5, 0.6) is 0 Å². The lowest BCUT2D eigenvalue weighted by atomic mass is 10.1. The minimum Gasteiger partial charge on any atom is -0.394 e. The molecule has 90 valence electrons. The van der Waals surface area contributed by atoms with Gasteiger partial charge in [0.25, 0.3) is 0 Å². The maximum absolute atomic E-state index is 8.52. The fourth-order valence-corrected chi connectivity index (χ4v) is 1.61. The van der Waals surface area contributed by atoms with Gasteiger partial charge in [0.2, 0.25) is 0 Å². The number of aliphatic hydroxyl groups is 1. The summed E-state index contributed by atoms with van der Waals surface area (Å²) in [5.74, 6) is 0. The van der Waals surface area contributed by atoms with E-state index >= 15 is 0 Å². The van der Waals surface area contributed by atoms with Crippen LogP contribution >= 0.6 is 11.6 Å². The van der Waals surface area contributed by atoms with E-state index in [1.807, 2.05) is 24.3 Å². The molecule has 1 atom stereocenters. The number of aliphatic hydroxyl groups excluding tert-OH is 1. The van der Waals surface area contributed by atoms with Crippen molar-refractivity contribution in [3.63, 3.8) is 0 Å². The van der Waals surface area contributed by atoms with E-state index in [1.165, 1.54) is 0 Å². The molecule has 1 aromatic rings. The zero-order valence-electron chi connectivity index (χ0n) is 9.45. The van der Waals surface area contributed by atoms with Crippen LogP contribution in [-0.2, 0) is 4.74 Å². The van der Waals surface area contributed by atoms with Gasteiger partial charge in [-0.15, -0.1) is 0 Å². The van der Waals surface area contributed by atoms with Crippen molar-refractivity contribution in [2.75, 3.05) is 26.4 Å². The number of ether oxygens (including phenoxy) is 1. The summed E-state index contributed by atoms with van der Waals surface area (Å²) in [6.45, 7) is 3.91. The molecule has 0 saturated heterocycles. The second-order valence-electron chi connectivity index (χ2n) is 3.57. The first-order chi connectivity index (χ1) is 7.74. The van der Waals surface area contributed by atoms with E-state index < -0.39 is 0 Å². The van der Waals surface area contributed by atoms with E-state index in [2.05, 4.69) is 12.2 Å². The molecule has 0 spiro atoms. The van der Waals surface area contributed by atoms with Gasteiger partial charge in [0.15, 0.2) is 0 Å². The molecule has 0 aromatic heterocycles. The fraction of sp³-hybridized carbons (Fsp3) is 0.500. The second-order valence-corrected chi connectivity index (χ2v) is 4.00. The Morgan fingerprint density at radius 3 is 2.94 bits per heavy atom. The zero-order chi connectivity index (χ0) is 11.8. The lowest BCUT2D eigenvalue weighted by molar-refractivity contribution is 0.0928. The van der Waals surface area contributed by atoms with Crippen LogP contribution in [0.3, 0.4) is 0 Å². The van der Waals surface area contributed by atoms with Gasteiger partial charge in [-0.05, 0) is 24.6 Å². The summed E-state index contributed by atoms with van der Waals surface area (Å²) in [5.41, 5.74) is 1.16. The van der Waals surface area contributed by atoms with Crippen LogP contribution in [-0.4, -0.2) is 31.5 Å². The number of halogens is 1. The maximum atomic E-state index is 8.52. The first-order valence-corrected chi connectivity index (χ1v) is 5.79. The molecule has 4 heteroatoms. The van der Waals surface area contributed by atoms with Crippen molar-refractivity contribution in [1.82, 2.24) is 5.32 Å². The van der Waals surface area contributed by atoms with Crippen molar-refractivity contribution in [1.29, 1.82) is 0 Å². The van der Waals surface area contributed by atoms with Crippen LogP contribution in [0.1, 0.15) is 18.5 Å². The highest BCUT2D eigenvalue weighted by atomic mass is 35.5. The predicted molar refractivity (Wildman–Crippen MR) is 65.8 cm³/mol. The average Bonchev–Trinajstić information content (AvgIpc) is 2.28. The van der Waals surface area contributed by atoms with E-state index in [4.69, 9.17) is 21.4 Å². The molecular formula is C12H18ClNO2. The maximum Gasteiger partial charge on any atom is 0.0698 e. The number of rotatable bonds is 7. The van der Waals surface area contributed by atoms with Crippen molar-refractivity contribution >= 4 is 11.6 Å². The molecule has 1 rings (SSSR count). The molecule has 2 N–H and O–H groups in total. The standard InChI is InChI=1S/C12H18ClNO2/c1-10(14-5-7-16-8-6-15)11-3-2-4-12(13)9-11/h2-4,9-10,14-15H,5-8H2,1H3/t10-/m0/s1. The van der Waals surface area contributed by atoms with E-state index in [9.17, 15) is 0 Å². The molecule has 0 fully saturated rings. The minimum absolute atomic E-state index is 0.0733. The van der Waals surface area contributed by atoms with Crippen LogP contribution < -0.4 is 5.32 Å². The first kappa shape index (κ1) is 13.5. The van der Waals surface area contributed by atoms with Gasteiger partial charge < -0.3 is 15.2 Å². The normalized spacial score (nSPS) is 12.7. The van der Waals surface area contributed by atoms with Crippen molar-refractivity contribution in [2.24, 2.45) is 0 Å². The summed E-state index contributed by atoms with van der Waals surface area (Å²) >= 11 is 5.91. The van der Waals surface area contributed by atoms with E-state index in [1.54, 1.807) is 0 Å². The third-order valence-corrected chi connectivity index (χ3v) is 2.52. The summed E-state index contributed by atoms with van der Waals surface area (Å²) < 4.78 is 5.15. The van der Waals surface area contributed by atoms with E-state index in [0.29, 0.717) is 13.2 Å². The fourth-order valence-electron chi connectivity index (χ4n) is 1.41. The smallest absolute Gasteiger partial charge is 0.0698 e. The SMILES string of the molecule is C[C@H](NCCOCCO)c1cccc(Cl)c1. The van der Waals surface area contributed by atoms with Gasteiger partial charge in [0.05, 0.1) is 19.8 Å². The summed E-state index contributed by atoms with van der Waals surface area (Å²) in [6.07, 6.45) is 0. The molecule has 0 unspecified atom stereocenters. The molecule has 3 nitrogen and oxygen atoms in total. The van der Waals surface area contributed by atoms with Gasteiger partial charge in [-0.25, -0.2) is 0 Å². The molecule has 0 bridgehead atoms. The molecule has 0 saturated carbocycles. The molecule has 0 aliphatic rings. The van der Waals surface area contributed by atoms with Gasteiger partial charge in [-0.1, -0.05) is 23.7 Å². The van der Waals surface area contributed by atoms with E-state index in [-0.39, 0.29) is 12.6 Å². The number of hydrogen-bond donors (Lipinski definition) is 2. The first-order valence-electron chi connectivity index (χ1n) is 5.41. The average molecular weight is 244 g/mol. The Balaban J connectivity index is 2.27. The van der Waals surface area contributed by atoms with Crippen molar-refractivity contribution in [3.05, 3.63) is 34.9 Å². The Morgan fingerprint density at radius 1 is 1.44 bits per heavy atom. The van der Waals surface area contributed by atoms with Crippen LogP contribution in [0.4, 0.5) is 0 Å². The molecular weight excluding hydrogens is 226 g/mol. The number of benzene rings is 1. The highest BCUT2D eigenvalue weighted by Gasteiger charge is 2.04. The number of hydrogen-bond acceptors (Lipinski definition) is 3. The Morgan fingerprint density at radius 2 is 2.25 bits per heavy atom. The highest BCUT2D eigenvalue weighted by molar-refractivity contribution is 6.30. The van der Waals surface area contributed by atoms with Gasteiger partial charge in [0, 0.05) is 17.6 Å². The van der Waals surface area contributed by atoms with E-state index in [0.717, 1.165) is 17.1 Å². The van der Waals surface area contributed by atoms with Crippen molar-refractivity contribution in [2.45, 2.75) is 13.0 Å². The Hall–Kier alpha value is -0.610. The quantitative estimate of drug-likeness (QED) is 0.720. The summed E-state index contributed by atoms with van der Waals surface area (Å²) in [5, 5.41) is 12.6. The topological polar surface area (TPSA) is 41.5 Å². The van der Waals surface area contributed by atoms with Crippen LogP contribution in [0.2, 0.25) is 5.02 Å². The highest BCUT2D eigenvalue weighted by Crippen LogP contribution is 2.16. The van der Waals surface area contributed by atoms with Crippen LogP contribution in [0.15, 0.2) is 24.3 Å². The van der Waals surface area contributed by atoms with Gasteiger partial charge in [-0.2, -0.15) is 0 Å². The molecule has 0 radical (unpaired) electrons. The Labute approximate surface area is 101 Å². The lowest BCUT2D eigenvalue weighted by Crippen LogP contribution is -2.23. The van der Waals surface area contributed by atoms with Gasteiger partial charge >= 0.3 is 0 Å². The van der Waals surface area contributed by atoms with Crippen molar-refractivity contribution < 1.29 is 9.84 Å². The lowest BCUT2D eigenvalue weighted by Gasteiger charge is -2.14. The van der Waals surface area contributed by atoms with Gasteiger partial charge in [-0.3, -0.25) is 0 Å². The molecule has 0 amide bonds. The third kappa shape index (κ3) is 4.94. The summed E-state index contributed by atoms with van der Waals surface area (Å²) in [7, 11) is 0. The summed E-state index contributed by atoms with van der Waals surface area (Å²) in [4.78, 5) is 0. The summed E-state index contributed by atoms with van der Waals surface area (Å²) in [6, 6.07) is 8.04. The molecule has 0 aliphatic heterocycles. The molecule has 16 heavy (non-hydrogen) atoms. The Kier molecular flexibility index (Phi) is 6.42. The third-order valence-electron chi connectivity index (χ3n) is 2.28. The molecule has 0 heterocycles. The minimum atomic E-state index is 0.0733. The van der Waals surface area contributed by atoms with Gasteiger partial charge in [0.1, 0.15) is 0 Å². The molecule has 1 aromatic carbocycles. The molecule has 0 aliphatic carbocycles. The van der Waals surface area contributed by atoms with Crippen molar-refractivity contribution in [3.8, 4) is 0 Å². The largest absolute Gasteiger partial charge is 0.394 e. The zero-order valence-corrected chi connectivity index (χ0v) is 10.2. The second kappa shape index (κ2) is 7.63. The monoisotopic (exact) mass is 243 g/mol. The van der Waals surface area contributed by atoms with Crippen LogP contribution in [0.25, 0.3) is 0 Å². The number of nitrogens with one attached hydrogen (secondary N) is 1.